The Labute approximate surface area is 188 Å². The molecule has 162 valence electrons. The highest BCUT2D eigenvalue weighted by Gasteiger charge is 2.30. The second kappa shape index (κ2) is 11.8. The largest absolute Gasteiger partial charge is 0.482 e. The van der Waals surface area contributed by atoms with Crippen LogP contribution in [0.1, 0.15) is 39.2 Å². The van der Waals surface area contributed by atoms with E-state index in [1.807, 2.05) is 39.0 Å². The molecule has 0 unspecified atom stereocenters. The van der Waals surface area contributed by atoms with Gasteiger partial charge in [0.25, 0.3) is 5.91 Å². The fourth-order valence-corrected chi connectivity index (χ4v) is 3.34. The van der Waals surface area contributed by atoms with Crippen molar-refractivity contribution in [2.75, 3.05) is 6.61 Å². The number of hydrogen-bond donors (Lipinski definition) is 1. The van der Waals surface area contributed by atoms with Crippen LogP contribution in [0, 0.1) is 0 Å². The summed E-state index contributed by atoms with van der Waals surface area (Å²) < 4.78 is 5.64. The molecule has 0 aromatic heterocycles. The van der Waals surface area contributed by atoms with Crippen LogP contribution in [0.4, 0.5) is 0 Å². The summed E-state index contributed by atoms with van der Waals surface area (Å²) in [5.74, 6) is -0.0895. The number of carbonyl (C=O) groups excluding carboxylic acids is 2. The lowest BCUT2D eigenvalue weighted by Gasteiger charge is -2.31. The van der Waals surface area contributed by atoms with Crippen molar-refractivity contribution in [3.8, 4) is 5.75 Å². The van der Waals surface area contributed by atoms with E-state index in [1.165, 1.54) is 4.90 Å². The van der Waals surface area contributed by atoms with Gasteiger partial charge in [-0.15, -0.1) is 0 Å². The molecule has 0 fully saturated rings. The van der Waals surface area contributed by atoms with E-state index < -0.39 is 6.04 Å². The molecule has 0 aliphatic carbocycles. The Morgan fingerprint density at radius 1 is 1.00 bits per heavy atom. The standard InChI is InChI=1S/C23H28Cl2N2O3/c1-4-16(3)26-23(29)20(5-2)27(14-17-10-6-7-11-18(17)24)22(28)15-30-21-13-9-8-12-19(21)25/h6-13,16,20H,4-5,14-15H2,1-3H3,(H,26,29)/t16-,20+/m0/s1. The predicted octanol–water partition coefficient (Wildman–Crippen LogP) is 5.09. The van der Waals surface area contributed by atoms with Gasteiger partial charge in [-0.25, -0.2) is 0 Å². The van der Waals surface area contributed by atoms with Crippen LogP contribution in [-0.4, -0.2) is 35.4 Å². The lowest BCUT2D eigenvalue weighted by atomic mass is 10.1. The van der Waals surface area contributed by atoms with Gasteiger partial charge >= 0.3 is 0 Å². The van der Waals surface area contributed by atoms with Gasteiger partial charge in [0.2, 0.25) is 5.91 Å². The topological polar surface area (TPSA) is 58.6 Å². The molecule has 2 atom stereocenters. The third-order valence-electron chi connectivity index (χ3n) is 4.87. The highest BCUT2D eigenvalue weighted by molar-refractivity contribution is 6.32. The van der Waals surface area contributed by atoms with Gasteiger partial charge in [0.1, 0.15) is 11.8 Å². The van der Waals surface area contributed by atoms with E-state index in [2.05, 4.69) is 5.32 Å². The van der Waals surface area contributed by atoms with E-state index in [0.29, 0.717) is 22.2 Å². The summed E-state index contributed by atoms with van der Waals surface area (Å²) in [5.41, 5.74) is 0.764. The molecular weight excluding hydrogens is 423 g/mol. The van der Waals surface area contributed by atoms with Crippen molar-refractivity contribution in [3.05, 3.63) is 64.1 Å². The second-order valence-corrected chi connectivity index (χ2v) is 7.89. The minimum absolute atomic E-state index is 0.0168. The lowest BCUT2D eigenvalue weighted by Crippen LogP contribution is -2.51. The molecule has 7 heteroatoms. The van der Waals surface area contributed by atoms with E-state index in [4.69, 9.17) is 27.9 Å². The Balaban J connectivity index is 2.24. The van der Waals surface area contributed by atoms with Crippen LogP contribution >= 0.6 is 23.2 Å². The van der Waals surface area contributed by atoms with E-state index in [0.717, 1.165) is 12.0 Å². The summed E-state index contributed by atoms with van der Waals surface area (Å²) >= 11 is 12.4. The van der Waals surface area contributed by atoms with Crippen LogP contribution < -0.4 is 10.1 Å². The maximum Gasteiger partial charge on any atom is 0.261 e. The van der Waals surface area contributed by atoms with Crippen LogP contribution in [0.5, 0.6) is 5.75 Å². The summed E-state index contributed by atoms with van der Waals surface area (Å²) in [6.07, 6.45) is 1.26. The normalized spacial score (nSPS) is 12.7. The molecule has 2 rings (SSSR count). The van der Waals surface area contributed by atoms with Gasteiger partial charge in [0, 0.05) is 17.6 Å². The number of benzene rings is 2. The van der Waals surface area contributed by atoms with Crippen LogP contribution in [0.15, 0.2) is 48.5 Å². The van der Waals surface area contributed by atoms with Crippen LogP contribution in [-0.2, 0) is 16.1 Å². The molecule has 2 aromatic carbocycles. The van der Waals surface area contributed by atoms with Crippen LogP contribution in [0.25, 0.3) is 0 Å². The number of carbonyl (C=O) groups is 2. The summed E-state index contributed by atoms with van der Waals surface area (Å²) in [6, 6.07) is 13.6. The van der Waals surface area contributed by atoms with Gasteiger partial charge in [-0.2, -0.15) is 0 Å². The quantitative estimate of drug-likeness (QED) is 0.547. The van der Waals surface area contributed by atoms with Crippen molar-refractivity contribution in [1.29, 1.82) is 0 Å². The summed E-state index contributed by atoms with van der Waals surface area (Å²) in [6.45, 7) is 5.78. The molecule has 5 nitrogen and oxygen atoms in total. The van der Waals surface area contributed by atoms with Crippen LogP contribution in [0.3, 0.4) is 0 Å². The molecule has 2 amide bonds. The first kappa shape index (κ1) is 24.0. The lowest BCUT2D eigenvalue weighted by molar-refractivity contribution is -0.143. The third kappa shape index (κ3) is 6.64. The number of hydrogen-bond acceptors (Lipinski definition) is 3. The Bertz CT molecular complexity index is 860. The van der Waals surface area contributed by atoms with Gasteiger partial charge < -0.3 is 15.0 Å². The smallest absolute Gasteiger partial charge is 0.261 e. The molecule has 30 heavy (non-hydrogen) atoms. The zero-order chi connectivity index (χ0) is 22.1. The number of rotatable bonds is 10. The summed E-state index contributed by atoms with van der Waals surface area (Å²) in [7, 11) is 0. The van der Waals surface area contributed by atoms with Crippen molar-refractivity contribution >= 4 is 35.0 Å². The van der Waals surface area contributed by atoms with Crippen molar-refractivity contribution in [2.24, 2.45) is 0 Å². The average Bonchev–Trinajstić information content (AvgIpc) is 2.74. The Hall–Kier alpha value is -2.24. The minimum atomic E-state index is -0.641. The maximum atomic E-state index is 13.1. The van der Waals surface area contributed by atoms with E-state index in [-0.39, 0.29) is 31.0 Å². The summed E-state index contributed by atoms with van der Waals surface area (Å²) in [4.78, 5) is 27.6. The SMILES string of the molecule is CC[C@H](C(=O)N[C@@H](C)CC)N(Cc1ccccc1Cl)C(=O)COc1ccccc1Cl. The highest BCUT2D eigenvalue weighted by atomic mass is 35.5. The highest BCUT2D eigenvalue weighted by Crippen LogP contribution is 2.24. The van der Waals surface area contributed by atoms with Crippen molar-refractivity contribution in [1.82, 2.24) is 10.2 Å². The molecule has 0 aliphatic rings. The number of para-hydroxylation sites is 1. The zero-order valence-electron chi connectivity index (χ0n) is 17.5. The van der Waals surface area contributed by atoms with E-state index in [9.17, 15) is 9.59 Å². The fourth-order valence-electron chi connectivity index (χ4n) is 2.95. The minimum Gasteiger partial charge on any atom is -0.482 e. The van der Waals surface area contributed by atoms with Gasteiger partial charge in [-0.3, -0.25) is 9.59 Å². The maximum absolute atomic E-state index is 13.1. The molecule has 2 aromatic rings. The second-order valence-electron chi connectivity index (χ2n) is 7.07. The van der Waals surface area contributed by atoms with Crippen molar-refractivity contribution < 1.29 is 14.3 Å². The number of nitrogens with one attached hydrogen (secondary N) is 1. The predicted molar refractivity (Wildman–Crippen MR) is 121 cm³/mol. The van der Waals surface area contributed by atoms with E-state index in [1.54, 1.807) is 30.3 Å². The van der Waals surface area contributed by atoms with Gasteiger partial charge in [0.05, 0.1) is 5.02 Å². The molecule has 0 heterocycles. The first-order valence-corrected chi connectivity index (χ1v) is 10.8. The molecule has 0 saturated carbocycles. The van der Waals surface area contributed by atoms with Gasteiger partial charge in [-0.1, -0.05) is 67.4 Å². The van der Waals surface area contributed by atoms with Crippen molar-refractivity contribution in [3.63, 3.8) is 0 Å². The molecule has 1 N–H and O–H groups in total. The summed E-state index contributed by atoms with van der Waals surface area (Å²) in [5, 5.41) is 3.93. The molecular formula is C23H28Cl2N2O3. The van der Waals surface area contributed by atoms with Gasteiger partial charge in [-0.05, 0) is 43.5 Å². The monoisotopic (exact) mass is 450 g/mol. The molecule has 0 bridgehead atoms. The number of nitrogens with zero attached hydrogens (tertiary/aromatic N) is 1. The Morgan fingerprint density at radius 2 is 1.63 bits per heavy atom. The Kier molecular flexibility index (Phi) is 9.47. The van der Waals surface area contributed by atoms with Crippen LogP contribution in [0.2, 0.25) is 10.0 Å². The average molecular weight is 451 g/mol. The Morgan fingerprint density at radius 3 is 2.23 bits per heavy atom. The first-order valence-electron chi connectivity index (χ1n) is 10.1. The van der Waals surface area contributed by atoms with Gasteiger partial charge in [0.15, 0.2) is 6.61 Å². The fraction of sp³-hybridized carbons (Fsp3) is 0.391. The zero-order valence-corrected chi connectivity index (χ0v) is 19.0. The first-order chi connectivity index (χ1) is 14.4. The number of amides is 2. The molecule has 0 saturated heterocycles. The third-order valence-corrected chi connectivity index (χ3v) is 5.55. The number of ether oxygens (including phenoxy) is 1. The molecule has 0 spiro atoms. The van der Waals surface area contributed by atoms with Crippen molar-refractivity contribution in [2.45, 2.75) is 52.2 Å². The molecule has 0 radical (unpaired) electrons. The number of halogens is 2. The van der Waals surface area contributed by atoms with E-state index >= 15 is 0 Å². The molecule has 0 aliphatic heterocycles.